The van der Waals surface area contributed by atoms with Crippen molar-refractivity contribution in [3.63, 3.8) is 0 Å². The number of hydrogen-bond acceptors (Lipinski definition) is 2. The second kappa shape index (κ2) is 6.37. The fourth-order valence-corrected chi connectivity index (χ4v) is 3.08. The van der Waals surface area contributed by atoms with Crippen molar-refractivity contribution in [3.8, 4) is 0 Å². The molecule has 1 aromatic rings. The standard InChI is InChI=1S/C15H27N3/c1-12(2)10-16-11-13-6-4-5-7-14(13)15-17-8-9-18(15)3/h8-9,12-14,16H,4-7,10-11H2,1-3H3. The van der Waals surface area contributed by atoms with E-state index in [2.05, 4.69) is 42.0 Å². The van der Waals surface area contributed by atoms with Gasteiger partial charge in [0.1, 0.15) is 5.82 Å². The molecular weight excluding hydrogens is 222 g/mol. The van der Waals surface area contributed by atoms with E-state index in [0.29, 0.717) is 5.92 Å². The minimum atomic E-state index is 0.651. The first-order valence-electron chi connectivity index (χ1n) is 7.36. The average Bonchev–Trinajstić information content (AvgIpc) is 2.76. The fraction of sp³-hybridized carbons (Fsp3) is 0.800. The Morgan fingerprint density at radius 3 is 2.83 bits per heavy atom. The Labute approximate surface area is 111 Å². The van der Waals surface area contributed by atoms with Gasteiger partial charge < -0.3 is 9.88 Å². The molecule has 0 aliphatic heterocycles. The van der Waals surface area contributed by atoms with Crippen molar-refractivity contribution in [2.45, 2.75) is 45.4 Å². The molecule has 2 atom stereocenters. The SMILES string of the molecule is CC(C)CNCC1CCCCC1c1nccn1C. The molecule has 0 bridgehead atoms. The number of aromatic nitrogens is 2. The Bertz CT molecular complexity index is 356. The van der Waals surface area contributed by atoms with E-state index in [0.717, 1.165) is 24.9 Å². The van der Waals surface area contributed by atoms with Crippen LogP contribution in [-0.4, -0.2) is 22.6 Å². The molecule has 102 valence electrons. The Hall–Kier alpha value is -0.830. The predicted molar refractivity (Wildman–Crippen MR) is 75.6 cm³/mol. The zero-order chi connectivity index (χ0) is 13.0. The summed E-state index contributed by atoms with van der Waals surface area (Å²) < 4.78 is 2.20. The first-order valence-corrected chi connectivity index (χ1v) is 7.36. The van der Waals surface area contributed by atoms with Crippen molar-refractivity contribution in [2.24, 2.45) is 18.9 Å². The lowest BCUT2D eigenvalue weighted by atomic mass is 9.78. The number of imidazole rings is 1. The van der Waals surface area contributed by atoms with Gasteiger partial charge in [-0.15, -0.1) is 0 Å². The predicted octanol–water partition coefficient (Wildman–Crippen LogP) is 2.94. The quantitative estimate of drug-likeness (QED) is 0.869. The van der Waals surface area contributed by atoms with E-state index in [-0.39, 0.29) is 0 Å². The molecule has 3 heteroatoms. The molecule has 1 N–H and O–H groups in total. The summed E-state index contributed by atoms with van der Waals surface area (Å²) in [4.78, 5) is 4.57. The van der Waals surface area contributed by atoms with E-state index in [1.807, 2.05) is 6.20 Å². The van der Waals surface area contributed by atoms with Gasteiger partial charge >= 0.3 is 0 Å². The highest BCUT2D eigenvalue weighted by atomic mass is 15.0. The van der Waals surface area contributed by atoms with Crippen molar-refractivity contribution < 1.29 is 0 Å². The third-order valence-electron chi connectivity index (χ3n) is 4.06. The van der Waals surface area contributed by atoms with Gasteiger partial charge in [-0.2, -0.15) is 0 Å². The van der Waals surface area contributed by atoms with Gasteiger partial charge in [0.2, 0.25) is 0 Å². The van der Waals surface area contributed by atoms with E-state index in [1.165, 1.54) is 31.5 Å². The van der Waals surface area contributed by atoms with E-state index < -0.39 is 0 Å². The summed E-state index contributed by atoms with van der Waals surface area (Å²) in [6.07, 6.45) is 9.40. The molecule has 18 heavy (non-hydrogen) atoms. The van der Waals surface area contributed by atoms with Crippen LogP contribution in [0.1, 0.15) is 51.3 Å². The van der Waals surface area contributed by atoms with Crippen molar-refractivity contribution in [1.29, 1.82) is 0 Å². The Kier molecular flexibility index (Phi) is 4.81. The molecule has 0 amide bonds. The van der Waals surface area contributed by atoms with Crippen molar-refractivity contribution in [3.05, 3.63) is 18.2 Å². The fourth-order valence-electron chi connectivity index (χ4n) is 3.08. The van der Waals surface area contributed by atoms with Crippen molar-refractivity contribution >= 4 is 0 Å². The lowest BCUT2D eigenvalue weighted by Crippen LogP contribution is -2.32. The highest BCUT2D eigenvalue weighted by Crippen LogP contribution is 2.36. The maximum absolute atomic E-state index is 4.57. The van der Waals surface area contributed by atoms with Crippen LogP contribution in [0.15, 0.2) is 12.4 Å². The molecule has 3 nitrogen and oxygen atoms in total. The van der Waals surface area contributed by atoms with Gasteiger partial charge in [0.25, 0.3) is 0 Å². The first-order chi connectivity index (χ1) is 8.68. The van der Waals surface area contributed by atoms with Gasteiger partial charge in [-0.3, -0.25) is 0 Å². The van der Waals surface area contributed by atoms with Gasteiger partial charge in [-0.25, -0.2) is 4.98 Å². The molecule has 1 saturated carbocycles. The largest absolute Gasteiger partial charge is 0.338 e. The number of nitrogens with one attached hydrogen (secondary N) is 1. The second-order valence-electron chi connectivity index (χ2n) is 6.10. The Morgan fingerprint density at radius 1 is 1.39 bits per heavy atom. The average molecular weight is 249 g/mol. The molecular formula is C15H27N3. The molecule has 1 aliphatic rings. The summed E-state index contributed by atoms with van der Waals surface area (Å²) in [5, 5.41) is 3.63. The molecule has 2 unspecified atom stereocenters. The smallest absolute Gasteiger partial charge is 0.111 e. The van der Waals surface area contributed by atoms with Crippen LogP contribution in [0.4, 0.5) is 0 Å². The highest BCUT2D eigenvalue weighted by Gasteiger charge is 2.28. The lowest BCUT2D eigenvalue weighted by Gasteiger charge is -2.31. The second-order valence-corrected chi connectivity index (χ2v) is 6.10. The van der Waals surface area contributed by atoms with E-state index in [9.17, 15) is 0 Å². The molecule has 1 fully saturated rings. The third-order valence-corrected chi connectivity index (χ3v) is 4.06. The summed E-state index contributed by atoms with van der Waals surface area (Å²) in [6, 6.07) is 0. The topological polar surface area (TPSA) is 29.9 Å². The summed E-state index contributed by atoms with van der Waals surface area (Å²) >= 11 is 0. The number of aryl methyl sites for hydroxylation is 1. The van der Waals surface area contributed by atoms with Crippen LogP contribution in [-0.2, 0) is 7.05 Å². The van der Waals surface area contributed by atoms with Crippen LogP contribution in [0.2, 0.25) is 0 Å². The highest BCUT2D eigenvalue weighted by molar-refractivity contribution is 5.04. The first kappa shape index (κ1) is 13.6. The number of rotatable bonds is 5. The zero-order valence-corrected chi connectivity index (χ0v) is 12.0. The number of nitrogens with zero attached hydrogens (tertiary/aromatic N) is 2. The van der Waals surface area contributed by atoms with Crippen molar-refractivity contribution in [1.82, 2.24) is 14.9 Å². The summed E-state index contributed by atoms with van der Waals surface area (Å²) in [6.45, 7) is 6.81. The van der Waals surface area contributed by atoms with Gasteiger partial charge in [0, 0.05) is 25.4 Å². The van der Waals surface area contributed by atoms with Crippen LogP contribution in [0.3, 0.4) is 0 Å². The van der Waals surface area contributed by atoms with Gasteiger partial charge in [-0.1, -0.05) is 26.7 Å². The normalized spacial score (nSPS) is 24.7. The minimum Gasteiger partial charge on any atom is -0.338 e. The molecule has 0 spiro atoms. The van der Waals surface area contributed by atoms with Gasteiger partial charge in [-0.05, 0) is 37.8 Å². The molecule has 2 rings (SSSR count). The molecule has 0 aromatic carbocycles. The molecule has 0 saturated heterocycles. The maximum atomic E-state index is 4.57. The van der Waals surface area contributed by atoms with Crippen molar-refractivity contribution in [2.75, 3.05) is 13.1 Å². The Morgan fingerprint density at radius 2 is 2.17 bits per heavy atom. The van der Waals surface area contributed by atoms with Gasteiger partial charge in [0.05, 0.1) is 0 Å². The van der Waals surface area contributed by atoms with Crippen LogP contribution in [0.5, 0.6) is 0 Å². The van der Waals surface area contributed by atoms with E-state index in [1.54, 1.807) is 0 Å². The van der Waals surface area contributed by atoms with Crippen LogP contribution >= 0.6 is 0 Å². The molecule has 0 radical (unpaired) electrons. The van der Waals surface area contributed by atoms with E-state index >= 15 is 0 Å². The monoisotopic (exact) mass is 249 g/mol. The lowest BCUT2D eigenvalue weighted by molar-refractivity contribution is 0.280. The third kappa shape index (κ3) is 3.35. The maximum Gasteiger partial charge on any atom is 0.111 e. The molecule has 1 aromatic heterocycles. The number of hydrogen-bond donors (Lipinski definition) is 1. The Balaban J connectivity index is 1.96. The summed E-state index contributed by atoms with van der Waals surface area (Å²) in [5.41, 5.74) is 0. The van der Waals surface area contributed by atoms with Crippen LogP contribution < -0.4 is 5.32 Å². The molecule has 1 aliphatic carbocycles. The van der Waals surface area contributed by atoms with E-state index in [4.69, 9.17) is 0 Å². The summed E-state index contributed by atoms with van der Waals surface area (Å²) in [7, 11) is 2.12. The molecule has 1 heterocycles. The summed E-state index contributed by atoms with van der Waals surface area (Å²) in [5.74, 6) is 3.43. The van der Waals surface area contributed by atoms with Gasteiger partial charge in [0.15, 0.2) is 0 Å². The minimum absolute atomic E-state index is 0.651. The van der Waals surface area contributed by atoms with Crippen LogP contribution in [0, 0.1) is 11.8 Å². The zero-order valence-electron chi connectivity index (χ0n) is 12.0. The van der Waals surface area contributed by atoms with Crippen LogP contribution in [0.25, 0.3) is 0 Å².